The largest absolute Gasteiger partial charge is 0.665 e. The van der Waals surface area contributed by atoms with Crippen LogP contribution in [0.1, 0.15) is 62.1 Å². The molecule has 435 valence electrons. The van der Waals surface area contributed by atoms with Crippen LogP contribution in [0.15, 0.2) is 291 Å². The Bertz CT molecular complexity index is 4410. The Morgan fingerprint density at radius 1 is 0.233 bits per heavy atom. The van der Waals surface area contributed by atoms with Crippen LogP contribution < -0.4 is 10.4 Å². The molecule has 0 aliphatic carbocycles. The maximum absolute atomic E-state index is 12.5. The van der Waals surface area contributed by atoms with Crippen LogP contribution in [0.4, 0.5) is 11.4 Å². The predicted octanol–water partition coefficient (Wildman–Crippen LogP) is 18.1. The molecule has 0 aromatic heterocycles. The van der Waals surface area contributed by atoms with Crippen molar-refractivity contribution in [3.63, 3.8) is 0 Å². The van der Waals surface area contributed by atoms with Crippen molar-refractivity contribution >= 4 is 123 Å². The molecule has 0 saturated carbocycles. The number of carbonyl (C=O) groups is 6. The van der Waals surface area contributed by atoms with Crippen LogP contribution in [0.25, 0.3) is 87.4 Å². The van der Waals surface area contributed by atoms with Gasteiger partial charge in [0, 0.05) is 49.4 Å². The van der Waals surface area contributed by atoms with Crippen LogP contribution in [-0.2, 0) is 0 Å². The zero-order chi connectivity index (χ0) is 61.1. The van der Waals surface area contributed by atoms with Crippen LogP contribution in [0.5, 0.6) is 0 Å². The Kier molecular flexibility index (Phi) is 19.4. The summed E-state index contributed by atoms with van der Waals surface area (Å²) in [5, 5.41) is 23.3. The van der Waals surface area contributed by atoms with Gasteiger partial charge in [0.2, 0.25) is 0 Å². The maximum atomic E-state index is 12.5. The first kappa shape index (κ1) is 61.1. The third kappa shape index (κ3) is 14.5. The zero-order valence-corrected chi connectivity index (χ0v) is 50.7. The first-order valence-electron chi connectivity index (χ1n) is 28.9. The average molecular weight is 1300 g/mol. The minimum Gasteiger partial charge on any atom is -0.665 e. The van der Waals surface area contributed by atoms with Crippen molar-refractivity contribution in [2.45, 2.75) is 0 Å². The molecule has 0 atom stereocenters. The summed E-state index contributed by atoms with van der Waals surface area (Å²) in [6, 6.07) is 84.1. The van der Waals surface area contributed by atoms with Gasteiger partial charge in [0.15, 0.2) is 0 Å². The van der Waals surface area contributed by atoms with Crippen LogP contribution in [0, 0.1) is 68.6 Å². The molecule has 9 heteroatoms. The maximum Gasteiger partial charge on any atom is 0.0832 e. The summed E-state index contributed by atoms with van der Waals surface area (Å²) in [5.41, 5.74) is 5.08. The average Bonchev–Trinajstić information content (AvgIpc) is 3.00. The molecular weight excluding hydrogens is 1250 g/mol. The monoisotopic (exact) mass is 1300 g/mol. The Morgan fingerprint density at radius 3 is 0.622 bits per heavy atom. The second-order valence-corrected chi connectivity index (χ2v) is 21.2. The molecule has 0 bridgehead atoms. The molecule has 2 aliphatic rings. The van der Waals surface area contributed by atoms with E-state index in [0.717, 1.165) is 86.4 Å². The Balaban J connectivity index is 0.000000125. The van der Waals surface area contributed by atoms with Gasteiger partial charge >= 0.3 is 0 Å². The van der Waals surface area contributed by atoms with Crippen molar-refractivity contribution in [3.8, 4) is 0 Å². The number of benzene rings is 13. The van der Waals surface area contributed by atoms with E-state index in [2.05, 4.69) is 34.9 Å². The minimum absolute atomic E-state index is 0. The smallest absolute Gasteiger partial charge is 0.0832 e. The SMILES string of the molecule is C1=C[N-]c2c3c(ccc2=C1)=CC=C[N-]3.O=C([CH-]C(=O)c1ccc2ccccc2c1)c1ccc2ccccc2c1.O=C([CH-]C(=O)c1ccc2ccccc2c1)c1ccc2ccccc2c1.O=C([CH-]C(=O)c1ccc2ccccc2c1)c1ccc2ccccc2c1.[Eu]. The fraction of sp³-hybridized carbons (Fsp3) is 0. The number of rotatable bonds is 12. The third-order valence-electron chi connectivity index (χ3n) is 15.3. The van der Waals surface area contributed by atoms with Gasteiger partial charge in [0.1, 0.15) is 0 Å². The molecule has 0 saturated heterocycles. The fourth-order valence-corrected chi connectivity index (χ4v) is 10.6. The first-order valence-corrected chi connectivity index (χ1v) is 28.9. The Morgan fingerprint density at radius 2 is 0.422 bits per heavy atom. The van der Waals surface area contributed by atoms with Gasteiger partial charge < -0.3 is 39.4 Å². The van der Waals surface area contributed by atoms with Gasteiger partial charge in [0.05, 0.1) is 34.7 Å². The molecule has 15 rings (SSSR count). The fourth-order valence-electron chi connectivity index (χ4n) is 10.6. The van der Waals surface area contributed by atoms with Crippen molar-refractivity contribution in [1.82, 2.24) is 0 Å². The summed E-state index contributed by atoms with van der Waals surface area (Å²) >= 11 is 0. The standard InChI is InChI=1S/3C23H15O2.C12H8N2.Eu/c3*24-22(20-11-9-16-5-1-3-7-18(16)13-20)15-23(25)21-12-10-17-6-2-4-8-19(17)14-21;1-3-9-5-6-10-4-2-8-14-12(10)11(9)13-7-1;/h3*1-15H;1-8H;/q3*-1;-2;. The zero-order valence-electron chi connectivity index (χ0n) is 48.3. The molecule has 13 aromatic carbocycles. The van der Waals surface area contributed by atoms with Crippen LogP contribution in [0.2, 0.25) is 0 Å². The summed E-state index contributed by atoms with van der Waals surface area (Å²) in [7, 11) is 0. The topological polar surface area (TPSA) is 131 Å². The van der Waals surface area contributed by atoms with Gasteiger partial charge in [-0.05, 0) is 75.1 Å². The predicted molar refractivity (Wildman–Crippen MR) is 362 cm³/mol. The number of nitrogens with zero attached hydrogens (tertiary/aromatic N) is 2. The summed E-state index contributed by atoms with van der Waals surface area (Å²) in [6.07, 6.45) is 15.1. The van der Waals surface area contributed by atoms with E-state index in [-0.39, 0.29) is 84.1 Å². The second kappa shape index (κ2) is 28.5. The molecule has 0 amide bonds. The van der Waals surface area contributed by atoms with Crippen LogP contribution >= 0.6 is 0 Å². The van der Waals surface area contributed by atoms with E-state index >= 15 is 0 Å². The normalized spacial score (nSPS) is 11.3. The van der Waals surface area contributed by atoms with Gasteiger partial charge in [-0.3, -0.25) is 0 Å². The minimum atomic E-state index is -0.274. The Labute approximate surface area is 561 Å². The van der Waals surface area contributed by atoms with Crippen molar-refractivity contribution in [3.05, 3.63) is 365 Å². The van der Waals surface area contributed by atoms with E-state index in [0.29, 0.717) is 33.4 Å². The number of allylic oxidation sites excluding steroid dienone is 2. The van der Waals surface area contributed by atoms with Gasteiger partial charge in [-0.25, -0.2) is 0 Å². The molecule has 0 N–H and O–H groups in total. The van der Waals surface area contributed by atoms with E-state index in [1.807, 2.05) is 231 Å². The van der Waals surface area contributed by atoms with Crippen molar-refractivity contribution in [2.75, 3.05) is 0 Å². The molecule has 2 aliphatic heterocycles. The van der Waals surface area contributed by atoms with E-state index < -0.39 is 0 Å². The molecule has 0 spiro atoms. The van der Waals surface area contributed by atoms with E-state index in [4.69, 9.17) is 0 Å². The van der Waals surface area contributed by atoms with Gasteiger partial charge in [0.25, 0.3) is 0 Å². The molecule has 1 radical (unpaired) electrons. The third-order valence-corrected chi connectivity index (χ3v) is 15.3. The number of carbonyl (C=O) groups excluding carboxylic acids is 6. The molecule has 90 heavy (non-hydrogen) atoms. The van der Waals surface area contributed by atoms with Crippen LogP contribution in [0.3, 0.4) is 0 Å². The first-order chi connectivity index (χ1) is 43.6. The summed E-state index contributed by atoms with van der Waals surface area (Å²) in [6.45, 7) is 0. The van der Waals surface area contributed by atoms with E-state index in [9.17, 15) is 28.8 Å². The van der Waals surface area contributed by atoms with Gasteiger partial charge in [-0.1, -0.05) is 307 Å². The number of hydrogen-bond donors (Lipinski definition) is 0. The van der Waals surface area contributed by atoms with Gasteiger partial charge in [-0.2, -0.15) is 12.4 Å². The molecule has 2 heterocycles. The number of fused-ring (bicyclic) bond motifs is 9. The second-order valence-electron chi connectivity index (χ2n) is 21.2. The van der Waals surface area contributed by atoms with Gasteiger partial charge in [-0.15, -0.1) is 47.8 Å². The van der Waals surface area contributed by atoms with E-state index in [1.165, 1.54) is 19.3 Å². The molecule has 8 nitrogen and oxygen atoms in total. The number of hydrogen-bond acceptors (Lipinski definition) is 6. The molecule has 13 aromatic rings. The number of ketones is 6. The van der Waals surface area contributed by atoms with E-state index in [1.54, 1.807) is 48.8 Å². The summed E-state index contributed by atoms with van der Waals surface area (Å²) in [5.74, 6) is -1.64. The summed E-state index contributed by atoms with van der Waals surface area (Å²) < 4.78 is 0. The van der Waals surface area contributed by atoms with Crippen molar-refractivity contribution in [2.24, 2.45) is 0 Å². The van der Waals surface area contributed by atoms with Crippen molar-refractivity contribution < 1.29 is 78.1 Å². The molecular formula is C81H53EuN2O6-5. The quantitative estimate of drug-likeness (QED) is 0.0680. The Hall–Kier alpha value is -10.5. The van der Waals surface area contributed by atoms with Crippen LogP contribution in [-0.4, -0.2) is 34.7 Å². The van der Waals surface area contributed by atoms with Crippen molar-refractivity contribution in [1.29, 1.82) is 0 Å². The summed E-state index contributed by atoms with van der Waals surface area (Å²) in [4.78, 5) is 74.8. The molecule has 0 fully saturated rings. The molecule has 0 unspecified atom stereocenters. The number of Topliss-reactive ketones (excluding diaryl/α,β-unsaturated/α-hetero) is 6.